The van der Waals surface area contributed by atoms with E-state index in [1.165, 1.54) is 23.5 Å². The second kappa shape index (κ2) is 16.7. The van der Waals surface area contributed by atoms with Crippen molar-refractivity contribution >= 4 is 47.0 Å². The largest absolute Gasteiger partial charge is 0.479 e. The highest BCUT2D eigenvalue weighted by Crippen LogP contribution is 2.48. The molecule has 61 heavy (non-hydrogen) atoms. The zero-order valence-electron chi connectivity index (χ0n) is 31.9. The molecule has 7 atom stereocenters. The Morgan fingerprint density at radius 2 is 1.21 bits per heavy atom. The number of halogens is 4. The first-order chi connectivity index (χ1) is 28.7. The molecule has 8 rings (SSSR count). The Morgan fingerprint density at radius 3 is 1.66 bits per heavy atom. The molecule has 326 valence electrons. The van der Waals surface area contributed by atoms with Crippen LogP contribution in [0.2, 0.25) is 0 Å². The molecule has 3 unspecified atom stereocenters. The van der Waals surface area contributed by atoms with Crippen LogP contribution in [0.4, 0.5) is 29.2 Å². The molecule has 0 bridgehead atoms. The standard InChI is InChI=1S/C19H19F2N3O6S.C18H17F2N3O6S/c1-18(2)30-10-4-3-9(7-12(10)31-18)15(27)22-13-5-6-24(17(28)23-13)16-19(20,21)14(26)11(8-25)29-16;1-8-28-10-3-2-9(6-12(10)30-8)15(26)21-13-4-5-23(17(27)22-13)16-18(19,20)14(25)11(7-24)29-16/h3-7,11,14,16,25-26H,8H2,1-2H3,(H,22,23,27,28);2-6,8,11,14,16,24-25H,7H2,1H3,(H,21,22,26,27)/t11-,14-,16?;8?,11-,14-,16?/m11/s1. The lowest BCUT2D eigenvalue weighted by Gasteiger charge is -2.21. The molecular formula is C37H36F4N6O12S2. The Morgan fingerprint density at radius 1 is 0.754 bits per heavy atom. The number of thioether (sulfide) groups is 2. The lowest BCUT2D eigenvalue weighted by Crippen LogP contribution is -2.41. The lowest BCUT2D eigenvalue weighted by molar-refractivity contribution is -0.141. The molecule has 2 amide bonds. The van der Waals surface area contributed by atoms with Gasteiger partial charge in [-0.1, -0.05) is 23.5 Å². The van der Waals surface area contributed by atoms with Crippen molar-refractivity contribution in [3.8, 4) is 11.5 Å². The predicted molar refractivity (Wildman–Crippen MR) is 206 cm³/mol. The number of fused-ring (bicyclic) bond motifs is 2. The maximum atomic E-state index is 14.2. The average Bonchev–Trinajstić information content (AvgIpc) is 3.87. The molecule has 4 aliphatic heterocycles. The van der Waals surface area contributed by atoms with Gasteiger partial charge in [-0.2, -0.15) is 27.5 Å². The van der Waals surface area contributed by atoms with Gasteiger partial charge in [0.25, 0.3) is 11.8 Å². The van der Waals surface area contributed by atoms with Crippen LogP contribution in [-0.2, 0) is 9.47 Å². The number of nitrogens with one attached hydrogen (secondary N) is 2. The van der Waals surface area contributed by atoms with Gasteiger partial charge >= 0.3 is 23.2 Å². The smallest absolute Gasteiger partial charge is 0.351 e. The maximum Gasteiger partial charge on any atom is 0.351 e. The van der Waals surface area contributed by atoms with E-state index in [4.69, 9.17) is 29.2 Å². The van der Waals surface area contributed by atoms with Crippen LogP contribution in [0.25, 0.3) is 0 Å². The van der Waals surface area contributed by atoms with Crippen LogP contribution < -0.4 is 31.5 Å². The molecule has 4 aromatic rings. The minimum Gasteiger partial charge on any atom is -0.479 e. The highest BCUT2D eigenvalue weighted by molar-refractivity contribution is 8.00. The highest BCUT2D eigenvalue weighted by Gasteiger charge is 2.60. The number of alkyl halides is 4. The second-order valence-corrected chi connectivity index (χ2v) is 17.3. The zero-order valence-corrected chi connectivity index (χ0v) is 33.5. The van der Waals surface area contributed by atoms with Crippen LogP contribution in [0.5, 0.6) is 11.5 Å². The van der Waals surface area contributed by atoms with Crippen LogP contribution in [0, 0.1) is 0 Å². The van der Waals surface area contributed by atoms with E-state index in [-0.39, 0.29) is 17.1 Å². The molecule has 0 aliphatic carbocycles. The summed E-state index contributed by atoms with van der Waals surface area (Å²) in [5, 5.41) is 42.2. The summed E-state index contributed by atoms with van der Waals surface area (Å²) in [7, 11) is 0. The topological polar surface area (TPSA) is 246 Å². The van der Waals surface area contributed by atoms with E-state index < -0.39 is 90.1 Å². The number of hydrogen-bond donors (Lipinski definition) is 6. The van der Waals surface area contributed by atoms with Gasteiger partial charge < -0.3 is 50.0 Å². The number of carbonyl (C=O) groups excluding carboxylic acids is 2. The molecule has 2 fully saturated rings. The lowest BCUT2D eigenvalue weighted by atomic mass is 10.1. The van der Waals surface area contributed by atoms with E-state index in [2.05, 4.69) is 20.6 Å². The number of rotatable bonds is 8. The van der Waals surface area contributed by atoms with Gasteiger partial charge in [0.05, 0.1) is 23.0 Å². The fourth-order valence-electron chi connectivity index (χ4n) is 6.52. The van der Waals surface area contributed by atoms with Crippen molar-refractivity contribution in [2.75, 3.05) is 23.8 Å². The summed E-state index contributed by atoms with van der Waals surface area (Å²) >= 11 is 2.91. The van der Waals surface area contributed by atoms with E-state index in [0.717, 1.165) is 34.3 Å². The summed E-state index contributed by atoms with van der Waals surface area (Å²) < 4.78 is 79.0. The first kappa shape index (κ1) is 44.0. The van der Waals surface area contributed by atoms with Crippen LogP contribution in [0.3, 0.4) is 0 Å². The van der Waals surface area contributed by atoms with Crippen molar-refractivity contribution in [2.24, 2.45) is 0 Å². The van der Waals surface area contributed by atoms with Crippen molar-refractivity contribution in [3.05, 3.63) is 93.0 Å². The number of aliphatic hydroxyl groups is 4. The third-order valence-corrected chi connectivity index (χ3v) is 11.6. The number of amides is 2. The maximum absolute atomic E-state index is 14.2. The minimum absolute atomic E-state index is 0.0625. The van der Waals surface area contributed by atoms with Gasteiger partial charge in [-0.25, -0.2) is 9.59 Å². The fraction of sp³-hybridized carbons (Fsp3) is 0.405. The van der Waals surface area contributed by atoms with Crippen LogP contribution in [0.15, 0.2) is 80.3 Å². The number of carbonyl (C=O) groups is 2. The molecule has 0 radical (unpaired) electrons. The summed E-state index contributed by atoms with van der Waals surface area (Å²) in [5.41, 5.74) is -1.68. The molecule has 0 spiro atoms. The van der Waals surface area contributed by atoms with Gasteiger partial charge in [-0.3, -0.25) is 18.7 Å². The number of aliphatic hydroxyl groups excluding tert-OH is 4. The van der Waals surface area contributed by atoms with Gasteiger partial charge in [0.15, 0.2) is 17.1 Å². The molecule has 6 heterocycles. The Kier molecular flexibility index (Phi) is 12.0. The van der Waals surface area contributed by atoms with Crippen LogP contribution in [0.1, 0.15) is 53.9 Å². The van der Waals surface area contributed by atoms with Crippen molar-refractivity contribution in [1.82, 2.24) is 19.1 Å². The molecule has 6 N–H and O–H groups in total. The molecule has 2 aromatic heterocycles. The van der Waals surface area contributed by atoms with Crippen LogP contribution in [-0.4, -0.2) is 111 Å². The number of anilines is 2. The number of benzene rings is 2. The first-order valence-electron chi connectivity index (χ1n) is 18.2. The summed E-state index contributed by atoms with van der Waals surface area (Å²) in [5.74, 6) is -7.67. The SMILES string of the molecule is CC1(C)Oc2ccc(C(=O)Nc3ccn(C4O[C@H](CO)[C@@H](O)C4(F)F)c(=O)n3)cc2S1.CC1Oc2ccc(C(=O)Nc3ccn(C4O[C@H](CO)[C@@H](O)C4(F)F)c(=O)n3)cc2S1. The van der Waals surface area contributed by atoms with Crippen LogP contribution >= 0.6 is 23.5 Å². The Hall–Kier alpha value is -5.08. The summed E-state index contributed by atoms with van der Waals surface area (Å²) in [4.78, 5) is 57.9. The van der Waals surface area contributed by atoms with E-state index >= 15 is 0 Å². The van der Waals surface area contributed by atoms with Gasteiger partial charge in [0, 0.05) is 23.5 Å². The van der Waals surface area contributed by atoms with Crippen molar-refractivity contribution in [2.45, 2.75) is 89.6 Å². The number of hydrogen-bond acceptors (Lipinski definition) is 16. The van der Waals surface area contributed by atoms with Gasteiger partial charge in [0.2, 0.25) is 12.5 Å². The van der Waals surface area contributed by atoms with Gasteiger partial charge in [0.1, 0.15) is 40.8 Å². The van der Waals surface area contributed by atoms with E-state index in [1.807, 2.05) is 20.8 Å². The van der Waals surface area contributed by atoms with E-state index in [0.29, 0.717) is 31.8 Å². The number of ether oxygens (including phenoxy) is 4. The molecule has 4 aliphatic rings. The molecule has 24 heteroatoms. The van der Waals surface area contributed by atoms with Gasteiger partial charge in [-0.15, -0.1) is 0 Å². The minimum atomic E-state index is -3.82. The Balaban J connectivity index is 0.000000184. The number of aromatic nitrogens is 4. The highest BCUT2D eigenvalue weighted by atomic mass is 32.2. The summed E-state index contributed by atoms with van der Waals surface area (Å²) in [6.07, 6.45) is -9.96. The first-order valence-corrected chi connectivity index (χ1v) is 19.9. The molecule has 2 saturated heterocycles. The molecular weight excluding hydrogens is 861 g/mol. The Bertz CT molecular complexity index is 2480. The van der Waals surface area contributed by atoms with Crippen molar-refractivity contribution in [3.63, 3.8) is 0 Å². The molecule has 18 nitrogen and oxygen atoms in total. The molecule has 2 aromatic carbocycles. The van der Waals surface area contributed by atoms with E-state index in [1.54, 1.807) is 36.4 Å². The Labute approximate surface area is 349 Å². The quantitative estimate of drug-likeness (QED) is 0.139. The van der Waals surface area contributed by atoms with Crippen molar-refractivity contribution < 1.29 is 66.5 Å². The summed E-state index contributed by atoms with van der Waals surface area (Å²) in [6, 6.07) is 12.0. The van der Waals surface area contributed by atoms with Crippen molar-refractivity contribution in [1.29, 1.82) is 0 Å². The summed E-state index contributed by atoms with van der Waals surface area (Å²) in [6.45, 7) is 3.99. The zero-order chi connectivity index (χ0) is 44.2. The monoisotopic (exact) mass is 896 g/mol. The van der Waals surface area contributed by atoms with E-state index in [9.17, 15) is 47.0 Å². The third-order valence-electron chi connectivity index (χ3n) is 9.48. The van der Waals surface area contributed by atoms with Gasteiger partial charge in [-0.05, 0) is 69.3 Å². The third kappa shape index (κ3) is 8.71. The fourth-order valence-corrected chi connectivity index (χ4v) is 8.51. The molecule has 0 saturated carbocycles. The average molecular weight is 897 g/mol. The second-order valence-electron chi connectivity index (χ2n) is 14.3. The normalized spacial score (nSPS) is 26.2. The number of nitrogens with zero attached hydrogens (tertiary/aromatic N) is 4. The predicted octanol–water partition coefficient (Wildman–Crippen LogP) is 2.81.